The monoisotopic (exact) mass is 492 g/mol. The van der Waals surface area contributed by atoms with E-state index in [1.165, 1.54) is 27.5 Å². The molecule has 0 amide bonds. The van der Waals surface area contributed by atoms with Gasteiger partial charge in [-0.25, -0.2) is 0 Å². The van der Waals surface area contributed by atoms with Crippen LogP contribution in [0.5, 0.6) is 0 Å². The van der Waals surface area contributed by atoms with Gasteiger partial charge in [0.15, 0.2) is 0 Å². The number of aromatic amines is 2. The third kappa shape index (κ3) is 2.51. The van der Waals surface area contributed by atoms with Crippen LogP contribution in [-0.2, 0) is 5.41 Å². The summed E-state index contributed by atoms with van der Waals surface area (Å²) < 4.78 is 2.20. The van der Waals surface area contributed by atoms with Crippen molar-refractivity contribution >= 4 is 53.7 Å². The van der Waals surface area contributed by atoms with E-state index in [2.05, 4.69) is 128 Å². The van der Waals surface area contributed by atoms with Crippen molar-refractivity contribution in [2.45, 2.75) is 12.3 Å². The number of H-pyrrole nitrogens is 2. The van der Waals surface area contributed by atoms with E-state index in [0.29, 0.717) is 0 Å². The lowest BCUT2D eigenvalue weighted by Gasteiger charge is -2.31. The van der Waals surface area contributed by atoms with E-state index in [1.54, 1.807) is 0 Å². The van der Waals surface area contributed by atoms with Crippen LogP contribution in [-0.4, -0.2) is 9.97 Å². The van der Waals surface area contributed by atoms with Gasteiger partial charge in [0, 0.05) is 48.6 Å². The molecular weight excluding hydrogens is 476 g/mol. The molecule has 0 spiro atoms. The minimum atomic E-state index is -0.342. The molecule has 0 bridgehead atoms. The Morgan fingerprint density at radius 3 is 1.64 bits per heavy atom. The second-order valence-corrected chi connectivity index (χ2v) is 8.93. The summed E-state index contributed by atoms with van der Waals surface area (Å²) in [6.07, 6.45) is 4.30. The molecule has 5 rings (SSSR count). The first-order valence-corrected chi connectivity index (χ1v) is 10.8. The summed E-state index contributed by atoms with van der Waals surface area (Å²) in [5.74, 6) is 0. The number of fused-ring (bicyclic) bond motifs is 2. The third-order valence-electron chi connectivity index (χ3n) is 5.74. The van der Waals surface area contributed by atoms with E-state index < -0.39 is 0 Å². The lowest BCUT2D eigenvalue weighted by molar-refractivity contribution is 0.705. The van der Waals surface area contributed by atoms with Crippen molar-refractivity contribution in [3.63, 3.8) is 0 Å². The zero-order valence-electron chi connectivity index (χ0n) is 15.3. The van der Waals surface area contributed by atoms with Crippen LogP contribution in [0, 0.1) is 0 Å². The fourth-order valence-corrected chi connectivity index (χ4v) is 5.46. The van der Waals surface area contributed by atoms with Crippen LogP contribution < -0.4 is 0 Å². The van der Waals surface area contributed by atoms with Crippen LogP contribution in [0.1, 0.15) is 23.6 Å². The third-order valence-corrected chi connectivity index (χ3v) is 7.06. The Bertz CT molecular complexity index is 1220. The van der Waals surface area contributed by atoms with Crippen LogP contribution in [0.15, 0.2) is 88.1 Å². The molecular formula is C24H18Br2N2. The van der Waals surface area contributed by atoms with Crippen molar-refractivity contribution in [2.75, 3.05) is 0 Å². The molecule has 0 radical (unpaired) electrons. The molecule has 3 aromatic carbocycles. The predicted octanol–water partition coefficient (Wildman–Crippen LogP) is 7.53. The highest BCUT2D eigenvalue weighted by atomic mass is 79.9. The van der Waals surface area contributed by atoms with Gasteiger partial charge in [0.25, 0.3) is 0 Å². The Labute approximate surface area is 180 Å². The molecule has 4 heteroatoms. The molecule has 2 heterocycles. The van der Waals surface area contributed by atoms with Crippen molar-refractivity contribution in [3.8, 4) is 0 Å². The van der Waals surface area contributed by atoms with E-state index in [4.69, 9.17) is 0 Å². The molecule has 0 atom stereocenters. The Morgan fingerprint density at radius 2 is 1.14 bits per heavy atom. The van der Waals surface area contributed by atoms with Gasteiger partial charge in [0.05, 0.1) is 0 Å². The smallest absolute Gasteiger partial charge is 0.0468 e. The summed E-state index contributed by atoms with van der Waals surface area (Å²) in [5.41, 5.74) is 5.67. The van der Waals surface area contributed by atoms with Gasteiger partial charge in [-0.3, -0.25) is 0 Å². The fourth-order valence-electron chi connectivity index (χ4n) is 4.30. The molecule has 0 saturated carbocycles. The highest BCUT2D eigenvalue weighted by molar-refractivity contribution is 9.11. The lowest BCUT2D eigenvalue weighted by Crippen LogP contribution is -2.25. The highest BCUT2D eigenvalue weighted by Crippen LogP contribution is 2.47. The summed E-state index contributed by atoms with van der Waals surface area (Å²) in [6.45, 7) is 2.31. The van der Waals surface area contributed by atoms with Crippen molar-refractivity contribution in [3.05, 3.63) is 105 Å². The predicted molar refractivity (Wildman–Crippen MR) is 124 cm³/mol. The number of hydrogen-bond acceptors (Lipinski definition) is 0. The van der Waals surface area contributed by atoms with Crippen molar-refractivity contribution in [2.24, 2.45) is 0 Å². The first kappa shape index (κ1) is 17.8. The molecule has 28 heavy (non-hydrogen) atoms. The number of rotatable bonds is 3. The molecule has 2 aromatic heterocycles. The Morgan fingerprint density at radius 1 is 0.643 bits per heavy atom. The van der Waals surface area contributed by atoms with Crippen LogP contribution >= 0.6 is 31.9 Å². The van der Waals surface area contributed by atoms with Crippen LogP contribution in [0.3, 0.4) is 0 Å². The van der Waals surface area contributed by atoms with Crippen LogP contribution in [0.2, 0.25) is 0 Å². The van der Waals surface area contributed by atoms with Crippen LogP contribution in [0.4, 0.5) is 0 Å². The van der Waals surface area contributed by atoms with Gasteiger partial charge in [-0.05, 0) is 47.9 Å². The molecule has 0 aliphatic heterocycles. The lowest BCUT2D eigenvalue weighted by atomic mass is 9.71. The number of hydrogen-bond donors (Lipinski definition) is 2. The van der Waals surface area contributed by atoms with Gasteiger partial charge in [0.2, 0.25) is 0 Å². The average Bonchev–Trinajstić information content (AvgIpc) is 3.35. The van der Waals surface area contributed by atoms with Crippen LogP contribution in [0.25, 0.3) is 21.8 Å². The summed E-state index contributed by atoms with van der Waals surface area (Å²) in [4.78, 5) is 6.95. The molecule has 138 valence electrons. The summed E-state index contributed by atoms with van der Waals surface area (Å²) in [6, 6.07) is 23.3. The van der Waals surface area contributed by atoms with Gasteiger partial charge in [-0.1, -0.05) is 74.3 Å². The number of benzene rings is 3. The Balaban J connectivity index is 1.92. The molecule has 0 aliphatic carbocycles. The van der Waals surface area contributed by atoms with Crippen molar-refractivity contribution < 1.29 is 0 Å². The number of halogens is 2. The standard InChI is InChI=1S/C24H18Br2N2/c1-24(15-7-3-2-4-8-15,16-13-27-20-11-5-9-18(25)22(16)20)17-14-28-21-12-6-10-19(26)23(17)21/h2-14,27-28H,1H3. The molecule has 2 nitrogen and oxygen atoms in total. The number of aromatic nitrogens is 2. The minimum Gasteiger partial charge on any atom is -0.361 e. The van der Waals surface area contributed by atoms with Gasteiger partial charge < -0.3 is 9.97 Å². The maximum Gasteiger partial charge on any atom is 0.0468 e. The van der Waals surface area contributed by atoms with E-state index in [1.807, 2.05) is 0 Å². The second-order valence-electron chi connectivity index (χ2n) is 7.22. The maximum absolute atomic E-state index is 3.78. The van der Waals surface area contributed by atoms with E-state index in [9.17, 15) is 0 Å². The second kappa shape index (κ2) is 6.64. The molecule has 0 unspecified atom stereocenters. The zero-order valence-corrected chi connectivity index (χ0v) is 18.4. The SMILES string of the molecule is CC(c1ccccc1)(c1c[nH]c2cccc(Br)c12)c1c[nH]c2cccc(Br)c12. The van der Waals surface area contributed by atoms with Gasteiger partial charge in [-0.15, -0.1) is 0 Å². The first-order valence-electron chi connectivity index (χ1n) is 9.18. The highest BCUT2D eigenvalue weighted by Gasteiger charge is 2.36. The Hall–Kier alpha value is -2.30. The molecule has 2 N–H and O–H groups in total. The minimum absolute atomic E-state index is 0.342. The molecule has 0 aliphatic rings. The van der Waals surface area contributed by atoms with E-state index in [-0.39, 0.29) is 5.41 Å². The summed E-state index contributed by atoms with van der Waals surface area (Å²) >= 11 is 7.56. The average molecular weight is 494 g/mol. The normalized spacial score (nSPS) is 12.1. The van der Waals surface area contributed by atoms with Gasteiger partial charge in [-0.2, -0.15) is 0 Å². The summed E-state index contributed by atoms with van der Waals surface area (Å²) in [7, 11) is 0. The quantitative estimate of drug-likeness (QED) is 0.260. The largest absolute Gasteiger partial charge is 0.361 e. The van der Waals surface area contributed by atoms with E-state index in [0.717, 1.165) is 20.0 Å². The molecule has 0 saturated heterocycles. The van der Waals surface area contributed by atoms with E-state index >= 15 is 0 Å². The maximum atomic E-state index is 3.78. The van der Waals surface area contributed by atoms with Gasteiger partial charge >= 0.3 is 0 Å². The zero-order chi connectivity index (χ0) is 19.3. The topological polar surface area (TPSA) is 31.6 Å². The Kier molecular flexibility index (Phi) is 4.22. The first-order chi connectivity index (χ1) is 13.6. The van der Waals surface area contributed by atoms with Crippen molar-refractivity contribution in [1.29, 1.82) is 0 Å². The molecule has 5 aromatic rings. The fraction of sp³-hybridized carbons (Fsp3) is 0.0833. The number of nitrogens with one attached hydrogen (secondary N) is 2. The van der Waals surface area contributed by atoms with Crippen molar-refractivity contribution in [1.82, 2.24) is 9.97 Å². The summed E-state index contributed by atoms with van der Waals surface area (Å²) in [5, 5.41) is 2.44. The van der Waals surface area contributed by atoms with Gasteiger partial charge in [0.1, 0.15) is 0 Å². The molecule has 0 fully saturated rings.